The van der Waals surface area contributed by atoms with E-state index in [0.717, 1.165) is 38.7 Å². The van der Waals surface area contributed by atoms with Gasteiger partial charge in [0.05, 0.1) is 11.7 Å². The standard InChI is InChI=1S/C23H18N4O/c1-14-5-4-7-17-19(13-24-22(14)17)23(28)18-6-2-3-8-20(18)26-16-10-9-15-12-25-27-21(15)11-16/h2-13,24,26H,1H3,(H,25,27). The van der Waals surface area contributed by atoms with Gasteiger partial charge in [-0.3, -0.25) is 9.89 Å². The second-order valence-electron chi connectivity index (χ2n) is 6.87. The van der Waals surface area contributed by atoms with E-state index >= 15 is 0 Å². The number of hydrogen-bond acceptors (Lipinski definition) is 3. The van der Waals surface area contributed by atoms with Crippen molar-refractivity contribution in [3.05, 3.63) is 89.7 Å². The molecule has 0 bridgehead atoms. The van der Waals surface area contributed by atoms with Gasteiger partial charge in [0.2, 0.25) is 0 Å². The summed E-state index contributed by atoms with van der Waals surface area (Å²) in [6.07, 6.45) is 3.59. The maximum Gasteiger partial charge on any atom is 0.197 e. The van der Waals surface area contributed by atoms with Gasteiger partial charge in [-0.25, -0.2) is 0 Å². The number of aryl methyl sites for hydroxylation is 1. The minimum atomic E-state index is -0.0115. The molecule has 3 N–H and O–H groups in total. The SMILES string of the molecule is Cc1cccc2c(C(=O)c3ccccc3Nc3ccc4cn[nH]c4c3)c[nH]c12. The van der Waals surface area contributed by atoms with E-state index in [0.29, 0.717) is 11.1 Å². The average molecular weight is 366 g/mol. The smallest absolute Gasteiger partial charge is 0.197 e. The van der Waals surface area contributed by atoms with Crippen LogP contribution in [0, 0.1) is 6.92 Å². The monoisotopic (exact) mass is 366 g/mol. The van der Waals surface area contributed by atoms with Crippen LogP contribution in [0.4, 0.5) is 11.4 Å². The van der Waals surface area contributed by atoms with Crippen LogP contribution in [0.1, 0.15) is 21.5 Å². The summed E-state index contributed by atoms with van der Waals surface area (Å²) in [5.74, 6) is -0.0115. The molecule has 28 heavy (non-hydrogen) atoms. The molecule has 0 amide bonds. The van der Waals surface area contributed by atoms with E-state index in [1.54, 1.807) is 12.4 Å². The predicted molar refractivity (Wildman–Crippen MR) is 112 cm³/mol. The number of aromatic amines is 2. The lowest BCUT2D eigenvalue weighted by Gasteiger charge is -2.11. The third-order valence-corrected chi connectivity index (χ3v) is 5.06. The molecule has 0 fully saturated rings. The third kappa shape index (κ3) is 2.65. The number of benzene rings is 3. The topological polar surface area (TPSA) is 73.6 Å². The first-order valence-corrected chi connectivity index (χ1v) is 9.11. The first kappa shape index (κ1) is 16.3. The molecule has 0 aliphatic carbocycles. The van der Waals surface area contributed by atoms with Crippen LogP contribution in [0.2, 0.25) is 0 Å². The van der Waals surface area contributed by atoms with Gasteiger partial charge in [-0.2, -0.15) is 5.10 Å². The Labute approximate surface area is 161 Å². The van der Waals surface area contributed by atoms with E-state index in [1.165, 1.54) is 0 Å². The molecule has 5 nitrogen and oxygen atoms in total. The van der Waals surface area contributed by atoms with Crippen LogP contribution >= 0.6 is 0 Å². The Balaban J connectivity index is 1.55. The molecule has 0 spiro atoms. The van der Waals surface area contributed by atoms with Gasteiger partial charge >= 0.3 is 0 Å². The number of carbonyl (C=O) groups is 1. The minimum absolute atomic E-state index is 0.0115. The second kappa shape index (κ2) is 6.39. The first-order chi connectivity index (χ1) is 13.7. The first-order valence-electron chi connectivity index (χ1n) is 9.11. The van der Waals surface area contributed by atoms with Crippen LogP contribution in [0.5, 0.6) is 0 Å². The van der Waals surface area contributed by atoms with Crippen molar-refractivity contribution < 1.29 is 4.79 Å². The zero-order chi connectivity index (χ0) is 19.1. The molecular weight excluding hydrogens is 348 g/mol. The summed E-state index contributed by atoms with van der Waals surface area (Å²) in [6.45, 7) is 2.04. The Morgan fingerprint density at radius 1 is 1.00 bits per heavy atom. The number of ketones is 1. The van der Waals surface area contributed by atoms with Crippen molar-refractivity contribution >= 4 is 39.0 Å². The highest BCUT2D eigenvalue weighted by molar-refractivity contribution is 6.19. The molecule has 5 aromatic rings. The number of nitrogens with one attached hydrogen (secondary N) is 3. The van der Waals surface area contributed by atoms with E-state index in [1.807, 2.05) is 67.6 Å². The molecule has 5 rings (SSSR count). The molecule has 0 saturated heterocycles. The fraction of sp³-hybridized carbons (Fsp3) is 0.0435. The predicted octanol–water partition coefficient (Wildman–Crippen LogP) is 5.33. The lowest BCUT2D eigenvalue weighted by molar-refractivity contribution is 0.104. The van der Waals surface area contributed by atoms with Gasteiger partial charge in [0.1, 0.15) is 0 Å². The zero-order valence-corrected chi connectivity index (χ0v) is 15.3. The fourth-order valence-corrected chi connectivity index (χ4v) is 3.60. The number of nitrogens with zero attached hydrogens (tertiary/aromatic N) is 1. The highest BCUT2D eigenvalue weighted by atomic mass is 16.1. The summed E-state index contributed by atoms with van der Waals surface area (Å²) in [5, 5.41) is 12.4. The Bertz CT molecular complexity index is 1330. The molecular formula is C23H18N4O. The van der Waals surface area contributed by atoms with Crippen LogP contribution in [0.15, 0.2) is 73.1 Å². The van der Waals surface area contributed by atoms with Crippen LogP contribution in [0.3, 0.4) is 0 Å². The maximum atomic E-state index is 13.3. The van der Waals surface area contributed by atoms with Gasteiger partial charge in [0, 0.05) is 45.0 Å². The summed E-state index contributed by atoms with van der Waals surface area (Å²) >= 11 is 0. The summed E-state index contributed by atoms with van der Waals surface area (Å²) in [5.41, 5.74) is 6.05. The summed E-state index contributed by atoms with van der Waals surface area (Å²) in [7, 11) is 0. The zero-order valence-electron chi connectivity index (χ0n) is 15.3. The van der Waals surface area contributed by atoms with E-state index in [-0.39, 0.29) is 5.78 Å². The molecule has 0 aliphatic heterocycles. The lowest BCUT2D eigenvalue weighted by atomic mass is 10.00. The van der Waals surface area contributed by atoms with Crippen molar-refractivity contribution in [3.63, 3.8) is 0 Å². The fourth-order valence-electron chi connectivity index (χ4n) is 3.60. The number of H-pyrrole nitrogens is 2. The summed E-state index contributed by atoms with van der Waals surface area (Å²) in [4.78, 5) is 16.6. The van der Waals surface area contributed by atoms with E-state index < -0.39 is 0 Å². The summed E-state index contributed by atoms with van der Waals surface area (Å²) in [6, 6.07) is 19.5. The molecule has 0 atom stereocenters. The molecule has 0 unspecified atom stereocenters. The highest BCUT2D eigenvalue weighted by Crippen LogP contribution is 2.28. The number of aromatic nitrogens is 3. The number of fused-ring (bicyclic) bond motifs is 2. The van der Waals surface area contributed by atoms with Crippen molar-refractivity contribution in [3.8, 4) is 0 Å². The number of anilines is 2. The molecule has 2 aromatic heterocycles. The van der Waals surface area contributed by atoms with Gasteiger partial charge in [-0.1, -0.05) is 30.3 Å². The molecule has 0 saturated carbocycles. The van der Waals surface area contributed by atoms with Crippen LogP contribution in [-0.2, 0) is 0 Å². The molecule has 0 radical (unpaired) electrons. The second-order valence-corrected chi connectivity index (χ2v) is 6.87. The van der Waals surface area contributed by atoms with Crippen LogP contribution in [-0.4, -0.2) is 21.0 Å². The largest absolute Gasteiger partial charge is 0.360 e. The molecule has 3 aromatic carbocycles. The normalized spacial score (nSPS) is 11.2. The van der Waals surface area contributed by atoms with Gasteiger partial charge in [-0.15, -0.1) is 0 Å². The molecule has 0 aliphatic rings. The van der Waals surface area contributed by atoms with Crippen molar-refractivity contribution in [2.75, 3.05) is 5.32 Å². The maximum absolute atomic E-state index is 13.3. The van der Waals surface area contributed by atoms with E-state index in [4.69, 9.17) is 0 Å². The number of hydrogen-bond donors (Lipinski definition) is 3. The number of carbonyl (C=O) groups excluding carboxylic acids is 1. The van der Waals surface area contributed by atoms with E-state index in [9.17, 15) is 4.79 Å². The molecule has 5 heteroatoms. The van der Waals surface area contributed by atoms with E-state index in [2.05, 4.69) is 20.5 Å². The Morgan fingerprint density at radius 2 is 1.89 bits per heavy atom. The van der Waals surface area contributed by atoms with Crippen molar-refractivity contribution in [1.29, 1.82) is 0 Å². The van der Waals surface area contributed by atoms with Gasteiger partial charge in [0.25, 0.3) is 0 Å². The van der Waals surface area contributed by atoms with Crippen LogP contribution < -0.4 is 5.32 Å². The van der Waals surface area contributed by atoms with Crippen LogP contribution in [0.25, 0.3) is 21.8 Å². The van der Waals surface area contributed by atoms with Crippen molar-refractivity contribution in [2.45, 2.75) is 6.92 Å². The van der Waals surface area contributed by atoms with Gasteiger partial charge < -0.3 is 10.3 Å². The highest BCUT2D eigenvalue weighted by Gasteiger charge is 2.18. The summed E-state index contributed by atoms with van der Waals surface area (Å²) < 4.78 is 0. The minimum Gasteiger partial charge on any atom is -0.360 e. The number of rotatable bonds is 4. The molecule has 136 valence electrons. The van der Waals surface area contributed by atoms with Crippen molar-refractivity contribution in [2.24, 2.45) is 0 Å². The quantitative estimate of drug-likeness (QED) is 0.377. The number of para-hydroxylation sites is 2. The van der Waals surface area contributed by atoms with Gasteiger partial charge in [0.15, 0.2) is 5.78 Å². The Hall–Kier alpha value is -3.86. The third-order valence-electron chi connectivity index (χ3n) is 5.06. The Morgan fingerprint density at radius 3 is 2.82 bits per heavy atom. The Kier molecular flexibility index (Phi) is 3.72. The lowest BCUT2D eigenvalue weighted by Crippen LogP contribution is -2.05. The molecule has 2 heterocycles. The van der Waals surface area contributed by atoms with Crippen molar-refractivity contribution in [1.82, 2.24) is 15.2 Å². The van der Waals surface area contributed by atoms with Gasteiger partial charge in [-0.05, 0) is 42.8 Å². The average Bonchev–Trinajstić information content (AvgIpc) is 3.35.